The van der Waals surface area contributed by atoms with E-state index in [2.05, 4.69) is 0 Å². The van der Waals surface area contributed by atoms with Crippen LogP contribution in [0.4, 0.5) is 18.0 Å². The summed E-state index contributed by atoms with van der Waals surface area (Å²) in [6, 6.07) is 4.08. The summed E-state index contributed by atoms with van der Waals surface area (Å²) in [5, 5.41) is 9.14. The number of fused-ring (bicyclic) bond motifs is 1. The van der Waals surface area contributed by atoms with Gasteiger partial charge in [0.1, 0.15) is 0 Å². The highest BCUT2D eigenvalue weighted by Crippen LogP contribution is 2.36. The first-order valence-electron chi connectivity index (χ1n) is 6.48. The Hall–Kier alpha value is -1.72. The van der Waals surface area contributed by atoms with E-state index in [-0.39, 0.29) is 24.6 Å². The number of halogens is 3. The monoisotopic (exact) mass is 287 g/mol. The summed E-state index contributed by atoms with van der Waals surface area (Å²) in [6.07, 6.45) is -4.41. The fourth-order valence-corrected chi connectivity index (χ4v) is 2.64. The van der Waals surface area contributed by atoms with Crippen LogP contribution in [-0.4, -0.2) is 22.6 Å². The van der Waals surface area contributed by atoms with Crippen molar-refractivity contribution in [2.45, 2.75) is 32.5 Å². The van der Waals surface area contributed by atoms with Gasteiger partial charge in [-0.2, -0.15) is 13.2 Å². The molecule has 0 saturated heterocycles. The number of nitrogens with zero attached hydrogens (tertiary/aromatic N) is 1. The van der Waals surface area contributed by atoms with Crippen LogP contribution in [0.5, 0.6) is 0 Å². The lowest BCUT2D eigenvalue weighted by atomic mass is 9.93. The molecule has 1 heterocycles. The van der Waals surface area contributed by atoms with Gasteiger partial charge in [0.15, 0.2) is 0 Å². The zero-order valence-corrected chi connectivity index (χ0v) is 11.1. The molecule has 1 aliphatic heterocycles. The Bertz CT molecular complexity index is 514. The van der Waals surface area contributed by atoms with Crippen LogP contribution >= 0.6 is 0 Å². The number of alkyl halides is 3. The van der Waals surface area contributed by atoms with E-state index in [0.29, 0.717) is 12.0 Å². The van der Waals surface area contributed by atoms with E-state index in [4.69, 9.17) is 5.11 Å². The number of hydrogen-bond acceptors (Lipinski definition) is 1. The largest absolute Gasteiger partial charge is 0.465 e. The molecule has 1 aliphatic rings. The molecule has 20 heavy (non-hydrogen) atoms. The average molecular weight is 287 g/mol. The quantitative estimate of drug-likeness (QED) is 0.854. The van der Waals surface area contributed by atoms with Crippen LogP contribution in [0.25, 0.3) is 0 Å². The highest BCUT2D eigenvalue weighted by molar-refractivity contribution is 5.65. The lowest BCUT2D eigenvalue weighted by molar-refractivity contribution is -0.138. The lowest BCUT2D eigenvalue weighted by Crippen LogP contribution is -2.32. The predicted molar refractivity (Wildman–Crippen MR) is 67.4 cm³/mol. The molecule has 110 valence electrons. The first-order valence-corrected chi connectivity index (χ1v) is 6.48. The van der Waals surface area contributed by atoms with Gasteiger partial charge in [0.25, 0.3) is 0 Å². The number of hydrogen-bond donors (Lipinski definition) is 1. The summed E-state index contributed by atoms with van der Waals surface area (Å²) in [6.45, 7) is 2.00. The Balaban J connectivity index is 2.50. The molecule has 3 nitrogen and oxygen atoms in total. The van der Waals surface area contributed by atoms with E-state index in [0.717, 1.165) is 17.4 Å². The third-order valence-electron chi connectivity index (χ3n) is 3.76. The van der Waals surface area contributed by atoms with Gasteiger partial charge in [-0.25, -0.2) is 4.79 Å². The van der Waals surface area contributed by atoms with E-state index in [1.54, 1.807) is 6.07 Å². The minimum atomic E-state index is -4.46. The summed E-state index contributed by atoms with van der Waals surface area (Å²) < 4.78 is 39.1. The van der Waals surface area contributed by atoms with Crippen molar-refractivity contribution in [3.8, 4) is 0 Å². The molecule has 1 aromatic carbocycles. The van der Waals surface area contributed by atoms with Crippen LogP contribution in [0.15, 0.2) is 18.2 Å². The first-order chi connectivity index (χ1) is 9.32. The van der Waals surface area contributed by atoms with Crippen molar-refractivity contribution in [3.05, 3.63) is 34.9 Å². The third-order valence-corrected chi connectivity index (χ3v) is 3.76. The van der Waals surface area contributed by atoms with Crippen LogP contribution in [-0.2, 0) is 19.1 Å². The van der Waals surface area contributed by atoms with E-state index in [1.807, 2.05) is 6.92 Å². The normalized spacial score (nSPS) is 19.4. The molecule has 0 radical (unpaired) electrons. The Labute approximate surface area is 115 Å². The van der Waals surface area contributed by atoms with E-state index in [9.17, 15) is 18.0 Å². The molecule has 0 aromatic heterocycles. The Morgan fingerprint density at radius 1 is 1.45 bits per heavy atom. The van der Waals surface area contributed by atoms with Gasteiger partial charge in [-0.3, -0.25) is 0 Å². The minimum absolute atomic E-state index is 0.0517. The summed E-state index contributed by atoms with van der Waals surface area (Å²) in [4.78, 5) is 12.3. The molecular weight excluding hydrogens is 271 g/mol. The number of amides is 1. The maximum atomic E-state index is 13.0. The predicted octanol–water partition coefficient (Wildman–Crippen LogP) is 3.77. The fraction of sp³-hybridized carbons (Fsp3) is 0.500. The Morgan fingerprint density at radius 2 is 2.15 bits per heavy atom. The van der Waals surface area contributed by atoms with E-state index >= 15 is 0 Å². The van der Waals surface area contributed by atoms with Gasteiger partial charge >= 0.3 is 12.3 Å². The lowest BCUT2D eigenvalue weighted by Gasteiger charge is -2.21. The Morgan fingerprint density at radius 3 is 2.70 bits per heavy atom. The van der Waals surface area contributed by atoms with Gasteiger partial charge in [0.2, 0.25) is 0 Å². The van der Waals surface area contributed by atoms with Gasteiger partial charge in [0, 0.05) is 13.1 Å². The maximum Gasteiger partial charge on any atom is 0.416 e. The molecular formula is C14H16F3NO2. The molecule has 2 rings (SSSR count). The molecule has 1 aromatic rings. The fourth-order valence-electron chi connectivity index (χ4n) is 2.64. The summed E-state index contributed by atoms with van der Waals surface area (Å²) in [5.41, 5.74) is -0.0215. The zero-order chi connectivity index (χ0) is 14.9. The van der Waals surface area contributed by atoms with Crippen molar-refractivity contribution < 1.29 is 23.1 Å². The Kier molecular flexibility index (Phi) is 3.92. The number of rotatable bonds is 1. The van der Waals surface area contributed by atoms with Gasteiger partial charge in [-0.15, -0.1) is 0 Å². The highest BCUT2D eigenvalue weighted by atomic mass is 19.4. The standard InChI is InChI=1S/C14H16F3NO2/c1-2-9-6-10-4-3-5-12(14(15,16)17)11(10)8-18(7-9)13(19)20/h3-5,9H,2,6-8H2,1H3,(H,19,20). The third kappa shape index (κ3) is 2.89. The van der Waals surface area contributed by atoms with Gasteiger partial charge in [0.05, 0.1) is 5.56 Å². The molecule has 1 N–H and O–H groups in total. The maximum absolute atomic E-state index is 13.0. The average Bonchev–Trinajstić information content (AvgIpc) is 2.55. The molecule has 0 saturated carbocycles. The van der Waals surface area contributed by atoms with E-state index < -0.39 is 17.8 Å². The van der Waals surface area contributed by atoms with Crippen molar-refractivity contribution in [2.24, 2.45) is 5.92 Å². The van der Waals surface area contributed by atoms with Crippen LogP contribution < -0.4 is 0 Å². The SMILES string of the molecule is CCC1Cc2cccc(C(F)(F)F)c2CN(C(=O)O)C1. The van der Waals surface area contributed by atoms with Crippen molar-refractivity contribution in [1.29, 1.82) is 0 Å². The minimum Gasteiger partial charge on any atom is -0.465 e. The molecule has 1 amide bonds. The molecule has 0 fully saturated rings. The molecule has 1 unspecified atom stereocenters. The highest BCUT2D eigenvalue weighted by Gasteiger charge is 2.36. The van der Waals surface area contributed by atoms with Crippen LogP contribution in [0, 0.1) is 5.92 Å². The molecule has 0 aliphatic carbocycles. The zero-order valence-electron chi connectivity index (χ0n) is 11.1. The summed E-state index contributed by atoms with van der Waals surface area (Å²) in [5.74, 6) is 0.0517. The van der Waals surface area contributed by atoms with E-state index in [1.165, 1.54) is 6.07 Å². The van der Waals surface area contributed by atoms with Crippen LogP contribution in [0.2, 0.25) is 0 Å². The van der Waals surface area contributed by atoms with Crippen LogP contribution in [0.3, 0.4) is 0 Å². The summed E-state index contributed by atoms with van der Waals surface area (Å²) in [7, 11) is 0. The van der Waals surface area contributed by atoms with Crippen molar-refractivity contribution >= 4 is 6.09 Å². The second-order valence-electron chi connectivity index (χ2n) is 5.08. The first kappa shape index (κ1) is 14.7. The molecule has 6 heteroatoms. The molecule has 1 atom stereocenters. The second-order valence-corrected chi connectivity index (χ2v) is 5.08. The smallest absolute Gasteiger partial charge is 0.416 e. The summed E-state index contributed by atoms with van der Waals surface area (Å²) >= 11 is 0. The van der Waals surface area contributed by atoms with Crippen molar-refractivity contribution in [3.63, 3.8) is 0 Å². The van der Waals surface area contributed by atoms with Crippen molar-refractivity contribution in [1.82, 2.24) is 4.90 Å². The van der Waals surface area contributed by atoms with Gasteiger partial charge < -0.3 is 10.0 Å². The van der Waals surface area contributed by atoms with Crippen molar-refractivity contribution in [2.75, 3.05) is 6.54 Å². The second kappa shape index (κ2) is 5.34. The molecule has 0 bridgehead atoms. The topological polar surface area (TPSA) is 40.5 Å². The number of benzene rings is 1. The van der Waals surface area contributed by atoms with Crippen LogP contribution in [0.1, 0.15) is 30.0 Å². The van der Waals surface area contributed by atoms with Gasteiger partial charge in [-0.05, 0) is 29.5 Å². The number of carbonyl (C=O) groups is 1. The molecule has 0 spiro atoms. The van der Waals surface area contributed by atoms with Gasteiger partial charge in [-0.1, -0.05) is 25.5 Å². The number of carboxylic acid groups (broad SMARTS) is 1.